The van der Waals surface area contributed by atoms with Crippen molar-refractivity contribution in [3.05, 3.63) is 62.9 Å². The number of carbonyl (C=O) groups is 1. The maximum absolute atomic E-state index is 15.0. The zero-order valence-corrected chi connectivity index (χ0v) is 17.6. The van der Waals surface area contributed by atoms with Crippen molar-refractivity contribution in [1.82, 2.24) is 30.4 Å². The molecule has 0 aliphatic carbocycles. The molecule has 2 atom stereocenters. The fourth-order valence-corrected chi connectivity index (χ4v) is 4.97. The zero-order chi connectivity index (χ0) is 22.7. The highest BCUT2D eigenvalue weighted by Crippen LogP contribution is 2.42. The standard InChI is InChI=1S/C21H15ClFN7O3/c22-13-7-15(14(23)6-12(13)10-4-16-20(24-8-10)29-33-28-16)25-21(32)30-11-1-2-17(30)19-9(3-11)5-18(31)26-27-19/h4-8,11,17H,1-3H2,(H,25,32)(H,26,31)/t11-,17+/m0/s1. The summed E-state index contributed by atoms with van der Waals surface area (Å²) in [6.45, 7) is 0. The van der Waals surface area contributed by atoms with E-state index < -0.39 is 11.8 Å². The van der Waals surface area contributed by atoms with E-state index in [9.17, 15) is 14.0 Å². The summed E-state index contributed by atoms with van der Waals surface area (Å²) >= 11 is 6.42. The van der Waals surface area contributed by atoms with Crippen molar-refractivity contribution in [3.63, 3.8) is 0 Å². The molecule has 166 valence electrons. The van der Waals surface area contributed by atoms with Gasteiger partial charge in [-0.15, -0.1) is 0 Å². The van der Waals surface area contributed by atoms with Gasteiger partial charge in [-0.2, -0.15) is 5.10 Å². The summed E-state index contributed by atoms with van der Waals surface area (Å²) in [6, 6.07) is 4.96. The second kappa shape index (κ2) is 7.34. The van der Waals surface area contributed by atoms with Gasteiger partial charge in [0.15, 0.2) is 5.52 Å². The Balaban J connectivity index is 1.28. The number of nitrogens with zero attached hydrogens (tertiary/aromatic N) is 5. The van der Waals surface area contributed by atoms with Gasteiger partial charge in [-0.3, -0.25) is 4.79 Å². The van der Waals surface area contributed by atoms with Crippen LogP contribution in [-0.2, 0) is 6.42 Å². The Kier molecular flexibility index (Phi) is 4.40. The molecule has 0 saturated carbocycles. The normalized spacial score (nSPS) is 19.0. The third-order valence-corrected chi connectivity index (χ3v) is 6.46. The van der Waals surface area contributed by atoms with Crippen LogP contribution in [0.25, 0.3) is 22.3 Å². The second-order valence-electron chi connectivity index (χ2n) is 8.07. The number of hydrogen-bond donors (Lipinski definition) is 2. The van der Waals surface area contributed by atoms with Crippen molar-refractivity contribution in [2.45, 2.75) is 31.3 Å². The lowest BCUT2D eigenvalue weighted by molar-refractivity contribution is 0.177. The smallest absolute Gasteiger partial charge is 0.313 e. The average molecular weight is 468 g/mol. The molecule has 3 aromatic heterocycles. The van der Waals surface area contributed by atoms with Gasteiger partial charge in [0.25, 0.3) is 5.56 Å². The summed E-state index contributed by atoms with van der Waals surface area (Å²) in [4.78, 5) is 30.5. The van der Waals surface area contributed by atoms with Crippen LogP contribution in [0.5, 0.6) is 0 Å². The number of rotatable bonds is 2. The maximum Gasteiger partial charge on any atom is 0.322 e. The quantitative estimate of drug-likeness (QED) is 0.461. The van der Waals surface area contributed by atoms with Gasteiger partial charge in [-0.1, -0.05) is 11.6 Å². The lowest BCUT2D eigenvalue weighted by atomic mass is 9.99. The second-order valence-corrected chi connectivity index (χ2v) is 8.48. The molecule has 2 bridgehead atoms. The van der Waals surface area contributed by atoms with Gasteiger partial charge in [0.2, 0.25) is 5.65 Å². The first-order valence-corrected chi connectivity index (χ1v) is 10.6. The van der Waals surface area contributed by atoms with Crippen molar-refractivity contribution >= 4 is 34.5 Å². The number of halogens is 2. The maximum atomic E-state index is 15.0. The van der Waals surface area contributed by atoms with Crippen LogP contribution in [0.3, 0.4) is 0 Å². The van der Waals surface area contributed by atoms with Crippen molar-refractivity contribution in [1.29, 1.82) is 0 Å². The van der Waals surface area contributed by atoms with Crippen molar-refractivity contribution in [3.8, 4) is 11.1 Å². The monoisotopic (exact) mass is 467 g/mol. The van der Waals surface area contributed by atoms with Crippen LogP contribution in [0, 0.1) is 5.82 Å². The first kappa shape index (κ1) is 19.8. The number of benzene rings is 1. The predicted molar refractivity (Wildman–Crippen MR) is 115 cm³/mol. The van der Waals surface area contributed by atoms with Gasteiger partial charge >= 0.3 is 6.03 Å². The summed E-state index contributed by atoms with van der Waals surface area (Å²) in [7, 11) is 0. The summed E-state index contributed by atoms with van der Waals surface area (Å²) < 4.78 is 19.6. The van der Waals surface area contributed by atoms with E-state index in [0.29, 0.717) is 34.4 Å². The fourth-order valence-electron chi connectivity index (χ4n) is 4.69. The van der Waals surface area contributed by atoms with E-state index >= 15 is 0 Å². The van der Waals surface area contributed by atoms with Crippen LogP contribution in [0.15, 0.2) is 39.9 Å². The summed E-state index contributed by atoms with van der Waals surface area (Å²) in [5, 5.41) is 16.8. The number of urea groups is 1. The molecule has 2 aliphatic heterocycles. The van der Waals surface area contributed by atoms with Gasteiger partial charge < -0.3 is 10.2 Å². The third kappa shape index (κ3) is 3.23. The number of amides is 2. The number of pyridine rings is 1. The predicted octanol–water partition coefficient (Wildman–Crippen LogP) is 3.45. The zero-order valence-electron chi connectivity index (χ0n) is 16.9. The summed E-state index contributed by atoms with van der Waals surface area (Å²) in [5.41, 5.74) is 2.89. The molecule has 5 heterocycles. The Bertz CT molecular complexity index is 1490. The molecule has 2 N–H and O–H groups in total. The molecule has 1 fully saturated rings. The minimum Gasteiger partial charge on any atom is -0.313 e. The van der Waals surface area contributed by atoms with Gasteiger partial charge in [-0.25, -0.2) is 23.9 Å². The summed E-state index contributed by atoms with van der Waals surface area (Å²) in [5.74, 6) is -0.645. The molecule has 0 spiro atoms. The van der Waals surface area contributed by atoms with Crippen LogP contribution in [0.2, 0.25) is 5.02 Å². The molecule has 33 heavy (non-hydrogen) atoms. The molecule has 4 aromatic rings. The molecule has 0 radical (unpaired) electrons. The molecule has 12 heteroatoms. The van der Waals surface area contributed by atoms with E-state index in [4.69, 9.17) is 11.6 Å². The van der Waals surface area contributed by atoms with Gasteiger partial charge in [0.05, 0.1) is 22.4 Å². The van der Waals surface area contributed by atoms with Gasteiger partial charge in [0, 0.05) is 29.4 Å². The Labute approximate surface area is 189 Å². The van der Waals surface area contributed by atoms with E-state index in [1.54, 1.807) is 11.0 Å². The van der Waals surface area contributed by atoms with Crippen LogP contribution >= 0.6 is 11.6 Å². The minimum absolute atomic E-state index is 0.0366. The number of H-pyrrole nitrogens is 1. The molecule has 0 unspecified atom stereocenters. The molecule has 1 aromatic carbocycles. The highest BCUT2D eigenvalue weighted by Gasteiger charge is 2.44. The number of aromatic amines is 1. The van der Waals surface area contributed by atoms with E-state index in [1.165, 1.54) is 24.4 Å². The molecular formula is C21H15ClFN7O3. The number of fused-ring (bicyclic) bond motifs is 5. The van der Waals surface area contributed by atoms with Crippen molar-refractivity contribution in [2.75, 3.05) is 5.32 Å². The summed E-state index contributed by atoms with van der Waals surface area (Å²) in [6.07, 6.45) is 3.52. The lowest BCUT2D eigenvalue weighted by Gasteiger charge is -2.35. The number of aromatic nitrogens is 5. The highest BCUT2D eigenvalue weighted by molar-refractivity contribution is 6.33. The topological polar surface area (TPSA) is 130 Å². The van der Waals surface area contributed by atoms with Crippen molar-refractivity contribution < 1.29 is 13.8 Å². The Morgan fingerprint density at radius 3 is 3.00 bits per heavy atom. The molecule has 1 saturated heterocycles. The van der Waals surface area contributed by atoms with Crippen LogP contribution in [0.4, 0.5) is 14.9 Å². The lowest BCUT2D eigenvalue weighted by Crippen LogP contribution is -2.45. The van der Waals surface area contributed by atoms with E-state index in [0.717, 1.165) is 18.4 Å². The van der Waals surface area contributed by atoms with Crippen molar-refractivity contribution in [2.24, 2.45) is 0 Å². The van der Waals surface area contributed by atoms with Crippen LogP contribution in [0.1, 0.15) is 30.1 Å². The van der Waals surface area contributed by atoms with Crippen LogP contribution < -0.4 is 10.9 Å². The first-order chi connectivity index (χ1) is 16.0. The number of nitrogens with one attached hydrogen (secondary N) is 2. The van der Waals surface area contributed by atoms with Crippen LogP contribution in [-0.4, -0.2) is 42.5 Å². The molecule has 2 amide bonds. The fraction of sp³-hybridized carbons (Fsp3) is 0.238. The SMILES string of the molecule is O=C(Nc1cc(Cl)c(-c2cnc3nonc3c2)cc1F)N1[C@H]2CC[C@@H]1c1n[nH]c(=O)cc1C2. The Hall–Kier alpha value is -3.86. The molecule has 6 rings (SSSR count). The van der Waals surface area contributed by atoms with E-state index in [-0.39, 0.29) is 28.4 Å². The Morgan fingerprint density at radius 2 is 2.12 bits per heavy atom. The number of anilines is 1. The number of carbonyl (C=O) groups excluding carboxylic acids is 1. The minimum atomic E-state index is -0.645. The van der Waals surface area contributed by atoms with E-state index in [2.05, 4.69) is 35.4 Å². The molecule has 10 nitrogen and oxygen atoms in total. The average Bonchev–Trinajstić information content (AvgIpc) is 3.39. The largest absolute Gasteiger partial charge is 0.322 e. The Morgan fingerprint density at radius 1 is 1.24 bits per heavy atom. The van der Waals surface area contributed by atoms with Gasteiger partial charge in [-0.05, 0) is 53.3 Å². The first-order valence-electron chi connectivity index (χ1n) is 10.2. The number of hydrogen-bond acceptors (Lipinski definition) is 7. The molecular weight excluding hydrogens is 453 g/mol. The van der Waals surface area contributed by atoms with Gasteiger partial charge in [0.1, 0.15) is 5.82 Å². The highest BCUT2D eigenvalue weighted by atomic mass is 35.5. The molecule has 2 aliphatic rings. The third-order valence-electron chi connectivity index (χ3n) is 6.15. The van der Waals surface area contributed by atoms with E-state index in [1.807, 2.05) is 0 Å².